The van der Waals surface area contributed by atoms with Crippen LogP contribution in [-0.2, 0) is 4.79 Å². The van der Waals surface area contributed by atoms with Crippen molar-refractivity contribution < 1.29 is 18.7 Å². The largest absolute Gasteiger partial charge is 0.380 e. The first-order valence-electron chi connectivity index (χ1n) is 4.23. The maximum atomic E-state index is 12.2. The molecule has 6 heteroatoms. The molecule has 1 atom stereocenters. The van der Waals surface area contributed by atoms with Crippen LogP contribution in [-0.4, -0.2) is 52.5 Å². The Kier molecular flexibility index (Phi) is 3.36. The van der Waals surface area contributed by atoms with E-state index < -0.39 is 12.0 Å². The lowest BCUT2D eigenvalue weighted by molar-refractivity contribution is -0.188. The highest BCUT2D eigenvalue weighted by molar-refractivity contribution is 7.99. The lowest BCUT2D eigenvalue weighted by atomic mass is 9.94. The van der Waals surface area contributed by atoms with Gasteiger partial charge < -0.3 is 10.0 Å². The van der Waals surface area contributed by atoms with Crippen molar-refractivity contribution in [3.8, 4) is 0 Å². The van der Waals surface area contributed by atoms with Crippen molar-refractivity contribution in [2.24, 2.45) is 0 Å². The van der Waals surface area contributed by atoms with E-state index in [0.717, 1.165) is 0 Å². The van der Waals surface area contributed by atoms with Crippen molar-refractivity contribution in [3.63, 3.8) is 0 Å². The Labute approximate surface area is 85.5 Å². The Bertz CT molecular complexity index is 231. The average Bonchev–Trinajstić information content (AvgIpc) is 2.10. The molecule has 82 valence electrons. The number of carbonyl (C=O) groups is 1. The lowest BCUT2D eigenvalue weighted by Gasteiger charge is -2.46. The van der Waals surface area contributed by atoms with E-state index in [1.165, 1.54) is 16.7 Å². The number of amides is 1. The summed E-state index contributed by atoms with van der Waals surface area (Å²) in [4.78, 5) is 12.7. The van der Waals surface area contributed by atoms with Gasteiger partial charge in [0, 0.05) is 0 Å². The highest BCUT2D eigenvalue weighted by Gasteiger charge is 2.51. The lowest BCUT2D eigenvalue weighted by Crippen LogP contribution is -2.68. The van der Waals surface area contributed by atoms with Gasteiger partial charge in [-0.1, -0.05) is 0 Å². The van der Waals surface area contributed by atoms with Crippen molar-refractivity contribution in [1.29, 1.82) is 0 Å². The average molecular weight is 225 g/mol. The van der Waals surface area contributed by atoms with Crippen LogP contribution >= 0.6 is 11.8 Å². The summed E-state index contributed by atoms with van der Waals surface area (Å²) in [5.41, 5.74) is -1.98. The number of hydrogen-bond acceptors (Lipinski definition) is 3. The van der Waals surface area contributed by atoms with Gasteiger partial charge in [-0.25, -0.2) is 8.78 Å². The second kappa shape index (κ2) is 4.02. The molecule has 0 aliphatic carbocycles. The van der Waals surface area contributed by atoms with Crippen molar-refractivity contribution in [2.45, 2.75) is 24.2 Å². The van der Waals surface area contributed by atoms with Gasteiger partial charge in [-0.15, -0.1) is 0 Å². The first-order valence-corrected chi connectivity index (χ1v) is 5.51. The van der Waals surface area contributed by atoms with Crippen LogP contribution in [0.3, 0.4) is 0 Å². The zero-order valence-electron chi connectivity index (χ0n) is 8.04. The minimum absolute atomic E-state index is 0.192. The third-order valence-corrected chi connectivity index (χ3v) is 3.26. The number of halogens is 2. The summed E-state index contributed by atoms with van der Waals surface area (Å²) in [6.45, 7) is 1.20. The van der Waals surface area contributed by atoms with Gasteiger partial charge in [0.1, 0.15) is 0 Å². The fraction of sp³-hybridized carbons (Fsp3) is 0.875. The van der Waals surface area contributed by atoms with E-state index in [9.17, 15) is 18.7 Å². The number of thioether (sulfide) groups is 1. The first kappa shape index (κ1) is 11.7. The molecule has 1 saturated heterocycles. The number of rotatable bonds is 3. The van der Waals surface area contributed by atoms with Crippen LogP contribution in [0.1, 0.15) is 6.92 Å². The van der Waals surface area contributed by atoms with Crippen LogP contribution in [0.15, 0.2) is 0 Å². The molecule has 0 spiro atoms. The first-order chi connectivity index (χ1) is 6.40. The fourth-order valence-electron chi connectivity index (χ4n) is 1.27. The molecule has 0 aromatic heterocycles. The minimum Gasteiger partial charge on any atom is -0.380 e. The number of likely N-dealkylation sites (tertiary alicyclic amines) is 1. The molecule has 1 aliphatic heterocycles. The van der Waals surface area contributed by atoms with Gasteiger partial charge >= 0.3 is 0 Å². The topological polar surface area (TPSA) is 40.5 Å². The minimum atomic E-state index is -2.78. The summed E-state index contributed by atoms with van der Waals surface area (Å²) < 4.78 is 24.4. The Balaban J connectivity index is 2.45. The second-order valence-electron chi connectivity index (χ2n) is 3.48. The van der Waals surface area contributed by atoms with E-state index in [1.807, 2.05) is 0 Å². The molecule has 1 unspecified atom stereocenters. The molecule has 1 rings (SSSR count). The standard InChI is InChI=1S/C8H13F2NO2S/c1-5(14-2)6(12)11-3-8(13,4-11)7(9)10/h5,7,13H,3-4H2,1-2H3. The van der Waals surface area contributed by atoms with Crippen molar-refractivity contribution in [2.75, 3.05) is 19.3 Å². The van der Waals surface area contributed by atoms with Crippen molar-refractivity contribution in [1.82, 2.24) is 4.90 Å². The molecule has 0 bridgehead atoms. The number of alkyl halides is 2. The number of β-amino-alcohol motifs (C(OH)–C–C–N with tert-alkyl or cyclic N) is 1. The number of nitrogens with zero attached hydrogens (tertiary/aromatic N) is 1. The van der Waals surface area contributed by atoms with Crippen molar-refractivity contribution in [3.05, 3.63) is 0 Å². The highest BCUT2D eigenvalue weighted by atomic mass is 32.2. The van der Waals surface area contributed by atoms with E-state index >= 15 is 0 Å². The smallest absolute Gasteiger partial charge is 0.270 e. The zero-order chi connectivity index (χ0) is 10.9. The van der Waals surface area contributed by atoms with E-state index in [0.29, 0.717) is 0 Å². The maximum Gasteiger partial charge on any atom is 0.270 e. The highest BCUT2D eigenvalue weighted by Crippen LogP contribution is 2.28. The third kappa shape index (κ3) is 2.00. The Morgan fingerprint density at radius 1 is 1.57 bits per heavy atom. The van der Waals surface area contributed by atoms with Gasteiger partial charge in [0.15, 0.2) is 5.60 Å². The third-order valence-electron chi connectivity index (χ3n) is 2.35. The molecule has 0 aromatic carbocycles. The van der Waals surface area contributed by atoms with E-state index in [2.05, 4.69) is 0 Å². The van der Waals surface area contributed by atoms with Gasteiger partial charge in [0.05, 0.1) is 18.3 Å². The van der Waals surface area contributed by atoms with Gasteiger partial charge in [-0.2, -0.15) is 11.8 Å². The fourth-order valence-corrected chi connectivity index (χ4v) is 1.62. The summed E-state index contributed by atoms with van der Waals surface area (Å²) in [5.74, 6) is -0.192. The van der Waals surface area contributed by atoms with E-state index in [1.54, 1.807) is 13.2 Å². The molecule has 1 aliphatic rings. The molecule has 1 heterocycles. The van der Waals surface area contributed by atoms with Gasteiger partial charge in [-0.3, -0.25) is 4.79 Å². The molecular formula is C8H13F2NO2S. The molecule has 1 amide bonds. The molecule has 0 saturated carbocycles. The quantitative estimate of drug-likeness (QED) is 0.763. The van der Waals surface area contributed by atoms with E-state index in [4.69, 9.17) is 0 Å². The number of carbonyl (C=O) groups excluding carboxylic acids is 1. The molecule has 1 fully saturated rings. The molecule has 14 heavy (non-hydrogen) atoms. The van der Waals surface area contributed by atoms with Gasteiger partial charge in [0.25, 0.3) is 6.43 Å². The Hall–Kier alpha value is -0.360. The normalized spacial score (nSPS) is 22.0. The van der Waals surface area contributed by atoms with Crippen LogP contribution < -0.4 is 0 Å². The monoisotopic (exact) mass is 225 g/mol. The maximum absolute atomic E-state index is 12.2. The molecule has 0 radical (unpaired) electrons. The summed E-state index contributed by atoms with van der Waals surface area (Å²) in [6.07, 6.45) is -1.00. The van der Waals surface area contributed by atoms with Crippen molar-refractivity contribution >= 4 is 17.7 Å². The van der Waals surface area contributed by atoms with Crippen LogP contribution in [0.5, 0.6) is 0 Å². The van der Waals surface area contributed by atoms with Crippen LogP contribution in [0.4, 0.5) is 8.78 Å². The predicted octanol–water partition coefficient (Wildman–Crippen LogP) is 0.576. The summed E-state index contributed by atoms with van der Waals surface area (Å²) in [6, 6.07) is 0. The van der Waals surface area contributed by atoms with Crippen LogP contribution in [0, 0.1) is 0 Å². The molecule has 3 nitrogen and oxygen atoms in total. The molecule has 1 N–H and O–H groups in total. The molecule has 0 aromatic rings. The summed E-state index contributed by atoms with van der Waals surface area (Å²) >= 11 is 1.36. The Morgan fingerprint density at radius 2 is 2.07 bits per heavy atom. The van der Waals surface area contributed by atoms with Gasteiger partial charge in [-0.05, 0) is 13.2 Å². The SMILES string of the molecule is CSC(C)C(=O)N1CC(O)(C(F)F)C1. The number of hydrogen-bond donors (Lipinski definition) is 1. The second-order valence-corrected chi connectivity index (χ2v) is 4.66. The molecular weight excluding hydrogens is 212 g/mol. The summed E-state index contributed by atoms with van der Waals surface area (Å²) in [5, 5.41) is 8.97. The van der Waals surface area contributed by atoms with Crippen LogP contribution in [0.2, 0.25) is 0 Å². The van der Waals surface area contributed by atoms with E-state index in [-0.39, 0.29) is 24.2 Å². The number of aliphatic hydroxyl groups is 1. The zero-order valence-corrected chi connectivity index (χ0v) is 8.85. The predicted molar refractivity (Wildman–Crippen MR) is 50.5 cm³/mol. The summed E-state index contributed by atoms with van der Waals surface area (Å²) in [7, 11) is 0. The van der Waals surface area contributed by atoms with Gasteiger partial charge in [0.2, 0.25) is 5.91 Å². The van der Waals surface area contributed by atoms with Crippen LogP contribution in [0.25, 0.3) is 0 Å². The Morgan fingerprint density at radius 3 is 2.43 bits per heavy atom.